The molecule has 0 saturated heterocycles. The van der Waals surface area contributed by atoms with Gasteiger partial charge in [-0.3, -0.25) is 4.79 Å². The number of rotatable bonds is 4. The lowest BCUT2D eigenvalue weighted by atomic mass is 10.1. The zero-order chi connectivity index (χ0) is 13.0. The summed E-state index contributed by atoms with van der Waals surface area (Å²) in [4.78, 5) is 12.3. The number of nitrogens with two attached hydrogens (primary N) is 1. The molecule has 0 heterocycles. The van der Waals surface area contributed by atoms with Gasteiger partial charge in [-0.15, -0.1) is 0 Å². The van der Waals surface area contributed by atoms with Gasteiger partial charge in [0, 0.05) is 16.9 Å². The lowest BCUT2D eigenvalue weighted by Crippen LogP contribution is -2.35. The van der Waals surface area contributed by atoms with E-state index in [1.807, 2.05) is 26.0 Å². The molecule has 1 aromatic carbocycles. The van der Waals surface area contributed by atoms with Gasteiger partial charge in [-0.2, -0.15) is 0 Å². The number of aryl methyl sites for hydroxylation is 1. The zero-order valence-corrected chi connectivity index (χ0v) is 12.2. The number of carbonyl (C=O) groups is 1. The first-order chi connectivity index (χ1) is 7.90. The van der Waals surface area contributed by atoms with Crippen molar-refractivity contribution in [2.24, 2.45) is 5.73 Å². The number of amides is 1. The number of benzene rings is 1. The van der Waals surface area contributed by atoms with Gasteiger partial charge in [0.05, 0.1) is 10.6 Å². The molecule has 0 fully saturated rings. The number of halogens is 1. The largest absolute Gasteiger partial charge is 0.393 e. The van der Waals surface area contributed by atoms with E-state index in [0.29, 0.717) is 17.0 Å². The summed E-state index contributed by atoms with van der Waals surface area (Å²) in [5.41, 5.74) is 7.15. The second-order valence-corrected chi connectivity index (χ2v) is 5.41. The molecule has 1 unspecified atom stereocenters. The van der Waals surface area contributed by atoms with Gasteiger partial charge in [0.1, 0.15) is 0 Å². The second-order valence-electron chi connectivity index (χ2n) is 4.03. The van der Waals surface area contributed by atoms with Crippen LogP contribution in [-0.2, 0) is 0 Å². The minimum absolute atomic E-state index is 0.0618. The van der Waals surface area contributed by atoms with Crippen LogP contribution in [0.3, 0.4) is 0 Å². The molecule has 3 nitrogen and oxygen atoms in total. The molecule has 3 N–H and O–H groups in total. The minimum atomic E-state index is -0.124. The summed E-state index contributed by atoms with van der Waals surface area (Å²) in [6, 6.07) is 5.54. The van der Waals surface area contributed by atoms with Crippen molar-refractivity contribution in [2.75, 3.05) is 0 Å². The lowest BCUT2D eigenvalue weighted by Gasteiger charge is -2.13. The highest BCUT2D eigenvalue weighted by atomic mass is 79.9. The molecule has 92 valence electrons. The SMILES string of the molecule is Cc1ccc(C(=O)NC(C)CC(N)=S)c(Br)c1. The Morgan fingerprint density at radius 3 is 2.76 bits per heavy atom. The van der Waals surface area contributed by atoms with E-state index in [1.165, 1.54) is 0 Å². The first kappa shape index (κ1) is 14.1. The van der Waals surface area contributed by atoms with Gasteiger partial charge in [-0.1, -0.05) is 18.3 Å². The third-order valence-corrected chi connectivity index (χ3v) is 3.08. The van der Waals surface area contributed by atoms with Crippen molar-refractivity contribution < 1.29 is 4.79 Å². The molecule has 0 bridgehead atoms. The molecule has 0 aliphatic carbocycles. The Bertz CT molecular complexity index is 448. The van der Waals surface area contributed by atoms with Crippen LogP contribution < -0.4 is 11.1 Å². The quantitative estimate of drug-likeness (QED) is 0.840. The standard InChI is InChI=1S/C12H15BrN2OS/c1-7-3-4-9(10(13)5-7)12(16)15-8(2)6-11(14)17/h3-5,8H,6H2,1-2H3,(H2,14,17)(H,15,16). The molecular weight excluding hydrogens is 300 g/mol. The summed E-state index contributed by atoms with van der Waals surface area (Å²) in [6.07, 6.45) is 0.505. The van der Waals surface area contributed by atoms with Crippen molar-refractivity contribution >= 4 is 39.0 Å². The fourth-order valence-electron chi connectivity index (χ4n) is 1.46. The number of hydrogen-bond acceptors (Lipinski definition) is 2. The second kappa shape index (κ2) is 6.12. The molecule has 0 aliphatic heterocycles. The first-order valence-electron chi connectivity index (χ1n) is 5.25. The van der Waals surface area contributed by atoms with E-state index in [0.717, 1.165) is 10.0 Å². The van der Waals surface area contributed by atoms with Gasteiger partial charge >= 0.3 is 0 Å². The summed E-state index contributed by atoms with van der Waals surface area (Å²) >= 11 is 8.18. The molecule has 0 aliphatic rings. The molecule has 0 spiro atoms. The molecule has 0 aromatic heterocycles. The molecule has 5 heteroatoms. The Labute approximate surface area is 115 Å². The van der Waals surface area contributed by atoms with E-state index in [-0.39, 0.29) is 11.9 Å². The molecule has 1 rings (SSSR count). The predicted octanol–water partition coefficient (Wildman–Crippen LogP) is 2.55. The Balaban J connectivity index is 2.73. The van der Waals surface area contributed by atoms with Crippen molar-refractivity contribution in [1.29, 1.82) is 0 Å². The molecule has 17 heavy (non-hydrogen) atoms. The average molecular weight is 315 g/mol. The van der Waals surface area contributed by atoms with Gasteiger partial charge in [0.15, 0.2) is 0 Å². The topological polar surface area (TPSA) is 55.1 Å². The van der Waals surface area contributed by atoms with E-state index >= 15 is 0 Å². The van der Waals surface area contributed by atoms with Crippen LogP contribution >= 0.6 is 28.1 Å². The van der Waals surface area contributed by atoms with Crippen LogP contribution in [0.5, 0.6) is 0 Å². The molecule has 1 aromatic rings. The Morgan fingerprint density at radius 1 is 1.59 bits per heavy atom. The number of hydrogen-bond donors (Lipinski definition) is 2. The monoisotopic (exact) mass is 314 g/mol. The molecule has 0 radical (unpaired) electrons. The summed E-state index contributed by atoms with van der Waals surface area (Å²) in [5, 5.41) is 2.85. The maximum Gasteiger partial charge on any atom is 0.252 e. The van der Waals surface area contributed by atoms with E-state index < -0.39 is 0 Å². The smallest absolute Gasteiger partial charge is 0.252 e. The van der Waals surface area contributed by atoms with Crippen LogP contribution in [0, 0.1) is 6.92 Å². The fraction of sp³-hybridized carbons (Fsp3) is 0.333. The molecular formula is C12H15BrN2OS. The van der Waals surface area contributed by atoms with Crippen LogP contribution in [-0.4, -0.2) is 16.9 Å². The van der Waals surface area contributed by atoms with Crippen molar-refractivity contribution in [1.82, 2.24) is 5.32 Å². The van der Waals surface area contributed by atoms with E-state index in [9.17, 15) is 4.79 Å². The summed E-state index contributed by atoms with van der Waals surface area (Å²) < 4.78 is 0.789. The Kier molecular flexibility index (Phi) is 5.08. The third-order valence-electron chi connectivity index (χ3n) is 2.25. The maximum absolute atomic E-state index is 11.9. The summed E-state index contributed by atoms with van der Waals surface area (Å²) in [7, 11) is 0. The fourth-order valence-corrected chi connectivity index (χ4v) is 2.38. The van der Waals surface area contributed by atoms with Gasteiger partial charge in [0.25, 0.3) is 5.91 Å². The van der Waals surface area contributed by atoms with Gasteiger partial charge in [0.2, 0.25) is 0 Å². The summed E-state index contributed by atoms with van der Waals surface area (Å²) in [5.74, 6) is -0.124. The molecule has 0 saturated carbocycles. The van der Waals surface area contributed by atoms with Gasteiger partial charge < -0.3 is 11.1 Å². The molecule has 1 amide bonds. The third kappa shape index (κ3) is 4.44. The first-order valence-corrected chi connectivity index (χ1v) is 6.45. The van der Waals surface area contributed by atoms with Crippen LogP contribution in [0.4, 0.5) is 0 Å². The highest BCUT2D eigenvalue weighted by molar-refractivity contribution is 9.10. The van der Waals surface area contributed by atoms with E-state index in [2.05, 4.69) is 21.2 Å². The van der Waals surface area contributed by atoms with Crippen LogP contribution in [0.1, 0.15) is 29.3 Å². The van der Waals surface area contributed by atoms with E-state index in [4.69, 9.17) is 18.0 Å². The minimum Gasteiger partial charge on any atom is -0.393 e. The van der Waals surface area contributed by atoms with Crippen molar-refractivity contribution in [2.45, 2.75) is 26.3 Å². The average Bonchev–Trinajstić information content (AvgIpc) is 2.15. The van der Waals surface area contributed by atoms with Gasteiger partial charge in [-0.25, -0.2) is 0 Å². The van der Waals surface area contributed by atoms with Crippen molar-refractivity contribution in [3.05, 3.63) is 33.8 Å². The zero-order valence-electron chi connectivity index (χ0n) is 9.79. The molecule has 1 atom stereocenters. The van der Waals surface area contributed by atoms with Crippen molar-refractivity contribution in [3.63, 3.8) is 0 Å². The van der Waals surface area contributed by atoms with Crippen LogP contribution in [0.25, 0.3) is 0 Å². The van der Waals surface area contributed by atoms with Crippen molar-refractivity contribution in [3.8, 4) is 0 Å². The number of nitrogens with one attached hydrogen (secondary N) is 1. The lowest BCUT2D eigenvalue weighted by molar-refractivity contribution is 0.0940. The van der Waals surface area contributed by atoms with Crippen LogP contribution in [0.2, 0.25) is 0 Å². The highest BCUT2D eigenvalue weighted by Gasteiger charge is 2.13. The maximum atomic E-state index is 11.9. The highest BCUT2D eigenvalue weighted by Crippen LogP contribution is 2.18. The van der Waals surface area contributed by atoms with E-state index in [1.54, 1.807) is 6.07 Å². The number of carbonyl (C=O) groups excluding carboxylic acids is 1. The predicted molar refractivity (Wildman–Crippen MR) is 77.2 cm³/mol. The summed E-state index contributed by atoms with van der Waals surface area (Å²) in [6.45, 7) is 3.85. The number of thiocarbonyl (C=S) groups is 1. The Morgan fingerprint density at radius 2 is 2.24 bits per heavy atom. The normalized spacial score (nSPS) is 11.9. The van der Waals surface area contributed by atoms with Gasteiger partial charge in [-0.05, 0) is 47.5 Å². The van der Waals surface area contributed by atoms with Crippen LogP contribution in [0.15, 0.2) is 22.7 Å². The Hall–Kier alpha value is -0.940.